The van der Waals surface area contributed by atoms with Gasteiger partial charge in [0.2, 0.25) is 5.91 Å². The maximum absolute atomic E-state index is 13.3. The maximum atomic E-state index is 13.3. The molecule has 1 saturated heterocycles. The minimum absolute atomic E-state index is 0.00689. The zero-order valence-corrected chi connectivity index (χ0v) is 18.6. The number of fused-ring (bicyclic) bond motifs is 1. The van der Waals surface area contributed by atoms with Crippen LogP contribution in [0.5, 0.6) is 0 Å². The van der Waals surface area contributed by atoms with Crippen molar-refractivity contribution in [3.05, 3.63) is 99.5 Å². The van der Waals surface area contributed by atoms with Gasteiger partial charge in [-0.25, -0.2) is 0 Å². The highest BCUT2D eigenvalue weighted by Gasteiger charge is 2.25. The van der Waals surface area contributed by atoms with Crippen molar-refractivity contribution in [2.75, 3.05) is 18.0 Å². The summed E-state index contributed by atoms with van der Waals surface area (Å²) < 4.78 is 1.75. The van der Waals surface area contributed by atoms with Gasteiger partial charge in [0.05, 0.1) is 0 Å². The molecule has 0 radical (unpaired) electrons. The third kappa shape index (κ3) is 4.46. The number of carbonyl (C=O) groups excluding carboxylic acids is 2. The minimum Gasteiger partial charge on any atom is -0.334 e. The zero-order valence-electron chi connectivity index (χ0n) is 18.6. The van der Waals surface area contributed by atoms with Crippen molar-refractivity contribution in [3.8, 4) is 0 Å². The van der Waals surface area contributed by atoms with E-state index in [0.717, 1.165) is 29.7 Å². The minimum atomic E-state index is -0.0452. The molecule has 6 heteroatoms. The van der Waals surface area contributed by atoms with E-state index in [1.807, 2.05) is 53.6 Å². The quantitative estimate of drug-likeness (QED) is 0.610. The van der Waals surface area contributed by atoms with Gasteiger partial charge >= 0.3 is 0 Å². The van der Waals surface area contributed by atoms with E-state index < -0.39 is 0 Å². The van der Waals surface area contributed by atoms with Crippen LogP contribution < -0.4 is 10.5 Å². The van der Waals surface area contributed by atoms with E-state index in [-0.39, 0.29) is 17.4 Å². The van der Waals surface area contributed by atoms with Crippen molar-refractivity contribution in [1.29, 1.82) is 0 Å². The van der Waals surface area contributed by atoms with Gasteiger partial charge in [0.15, 0.2) is 0 Å². The van der Waals surface area contributed by atoms with Crippen LogP contribution in [0.2, 0.25) is 0 Å². The Hall–Kier alpha value is -3.67. The Morgan fingerprint density at radius 1 is 0.879 bits per heavy atom. The largest absolute Gasteiger partial charge is 0.334 e. The average molecular weight is 442 g/mol. The van der Waals surface area contributed by atoms with E-state index in [4.69, 9.17) is 0 Å². The van der Waals surface area contributed by atoms with Gasteiger partial charge < -0.3 is 14.4 Å². The van der Waals surface area contributed by atoms with Crippen LogP contribution in [0.3, 0.4) is 0 Å². The van der Waals surface area contributed by atoms with Crippen LogP contribution in [0.15, 0.2) is 71.7 Å². The second kappa shape index (κ2) is 9.06. The third-order valence-electron chi connectivity index (χ3n) is 6.57. The van der Waals surface area contributed by atoms with Crippen LogP contribution in [0.25, 0.3) is 0 Å². The smallest absolute Gasteiger partial charge is 0.254 e. The van der Waals surface area contributed by atoms with Crippen molar-refractivity contribution in [1.82, 2.24) is 9.47 Å². The lowest BCUT2D eigenvalue weighted by Gasteiger charge is -2.29. The van der Waals surface area contributed by atoms with Crippen LogP contribution >= 0.6 is 0 Å². The molecule has 0 saturated carbocycles. The first-order valence-electron chi connectivity index (χ1n) is 11.5. The lowest BCUT2D eigenvalue weighted by molar-refractivity contribution is -0.117. The molecule has 2 aliphatic rings. The molecule has 0 unspecified atom stereocenters. The fourth-order valence-corrected chi connectivity index (χ4v) is 4.73. The highest BCUT2D eigenvalue weighted by atomic mass is 16.2. The van der Waals surface area contributed by atoms with Crippen LogP contribution in [0.4, 0.5) is 5.69 Å². The van der Waals surface area contributed by atoms with Gasteiger partial charge in [0, 0.05) is 56.1 Å². The van der Waals surface area contributed by atoms with Gasteiger partial charge in [0.1, 0.15) is 0 Å². The van der Waals surface area contributed by atoms with Crippen LogP contribution in [-0.2, 0) is 30.7 Å². The number of amides is 2. The molecule has 3 heterocycles. The van der Waals surface area contributed by atoms with E-state index in [0.29, 0.717) is 44.6 Å². The van der Waals surface area contributed by atoms with Crippen molar-refractivity contribution >= 4 is 17.5 Å². The number of aryl methyl sites for hydroxylation is 2. The van der Waals surface area contributed by atoms with Crippen LogP contribution in [-0.4, -0.2) is 34.4 Å². The monoisotopic (exact) mass is 441 g/mol. The Balaban J connectivity index is 1.32. The number of hydrogen-bond donors (Lipinski definition) is 0. The fraction of sp³-hybridized carbons (Fsp3) is 0.296. The first-order valence-corrected chi connectivity index (χ1v) is 11.5. The van der Waals surface area contributed by atoms with E-state index in [2.05, 4.69) is 12.1 Å². The van der Waals surface area contributed by atoms with E-state index in [1.165, 1.54) is 5.56 Å². The molecule has 0 N–H and O–H groups in total. The molecule has 2 aliphatic heterocycles. The summed E-state index contributed by atoms with van der Waals surface area (Å²) in [5.74, 6) is 0.0659. The first kappa shape index (κ1) is 21.2. The summed E-state index contributed by atoms with van der Waals surface area (Å²) in [5, 5.41) is 0. The Morgan fingerprint density at radius 3 is 2.52 bits per heavy atom. The molecule has 5 rings (SSSR count). The van der Waals surface area contributed by atoms with Gasteiger partial charge in [-0.2, -0.15) is 0 Å². The molecule has 0 spiro atoms. The van der Waals surface area contributed by atoms with Gasteiger partial charge in [-0.05, 0) is 54.2 Å². The number of hydrogen-bond acceptors (Lipinski definition) is 3. The summed E-state index contributed by atoms with van der Waals surface area (Å²) in [6.07, 6.45) is 4.78. The number of anilines is 1. The van der Waals surface area contributed by atoms with E-state index in [1.54, 1.807) is 15.5 Å². The predicted octanol–water partition coefficient (Wildman–Crippen LogP) is 3.42. The second-order valence-corrected chi connectivity index (χ2v) is 8.77. The SMILES string of the molecule is O=C(c1cccc(N2CCCC2=O)c1)N1CCc2cc(=O)n(CCc3ccccc3)cc2C1. The highest BCUT2D eigenvalue weighted by Crippen LogP contribution is 2.24. The molecule has 1 aromatic heterocycles. The molecule has 3 aromatic rings. The lowest BCUT2D eigenvalue weighted by atomic mass is 10.0. The normalized spacial score (nSPS) is 15.6. The number of nitrogens with zero attached hydrogens (tertiary/aromatic N) is 3. The van der Waals surface area contributed by atoms with Crippen molar-refractivity contribution < 1.29 is 9.59 Å². The first-order chi connectivity index (χ1) is 16.1. The van der Waals surface area contributed by atoms with Crippen LogP contribution in [0.1, 0.15) is 39.9 Å². The fourth-order valence-electron chi connectivity index (χ4n) is 4.73. The Labute approximate surface area is 193 Å². The summed E-state index contributed by atoms with van der Waals surface area (Å²) >= 11 is 0. The summed E-state index contributed by atoms with van der Waals surface area (Å²) in [5.41, 5.74) is 4.62. The molecule has 168 valence electrons. The Kier molecular flexibility index (Phi) is 5.82. The summed E-state index contributed by atoms with van der Waals surface area (Å²) in [7, 11) is 0. The van der Waals surface area contributed by atoms with Crippen molar-refractivity contribution in [2.45, 2.75) is 38.8 Å². The predicted molar refractivity (Wildman–Crippen MR) is 127 cm³/mol. The Bertz CT molecular complexity index is 1250. The Morgan fingerprint density at radius 2 is 1.73 bits per heavy atom. The number of rotatable bonds is 5. The summed E-state index contributed by atoms with van der Waals surface area (Å²) in [6.45, 7) is 2.36. The number of carbonyl (C=O) groups is 2. The summed E-state index contributed by atoms with van der Waals surface area (Å²) in [6, 6.07) is 19.2. The molecule has 0 bridgehead atoms. The summed E-state index contributed by atoms with van der Waals surface area (Å²) in [4.78, 5) is 41.6. The molecule has 0 atom stereocenters. The molecule has 33 heavy (non-hydrogen) atoms. The van der Waals surface area contributed by atoms with Gasteiger partial charge in [0.25, 0.3) is 11.5 Å². The molecule has 6 nitrogen and oxygen atoms in total. The van der Waals surface area contributed by atoms with E-state index >= 15 is 0 Å². The lowest BCUT2D eigenvalue weighted by Crippen LogP contribution is -2.37. The van der Waals surface area contributed by atoms with Gasteiger partial charge in [-0.1, -0.05) is 36.4 Å². The number of aromatic nitrogens is 1. The van der Waals surface area contributed by atoms with E-state index in [9.17, 15) is 14.4 Å². The topological polar surface area (TPSA) is 62.6 Å². The standard InChI is InChI=1S/C27H27N3O3/c31-25-10-5-13-30(25)24-9-4-8-22(16-24)27(33)29-15-12-21-17-26(32)28(18-23(21)19-29)14-11-20-6-2-1-3-7-20/h1-4,6-9,16-18H,5,10-15,19H2. The number of pyridine rings is 1. The highest BCUT2D eigenvalue weighted by molar-refractivity contribution is 5.99. The zero-order chi connectivity index (χ0) is 22.8. The van der Waals surface area contributed by atoms with Crippen molar-refractivity contribution in [2.24, 2.45) is 0 Å². The molecule has 0 aliphatic carbocycles. The maximum Gasteiger partial charge on any atom is 0.254 e. The average Bonchev–Trinajstić information content (AvgIpc) is 3.28. The molecular formula is C27H27N3O3. The number of benzene rings is 2. The third-order valence-corrected chi connectivity index (χ3v) is 6.57. The van der Waals surface area contributed by atoms with Gasteiger partial charge in [-0.15, -0.1) is 0 Å². The van der Waals surface area contributed by atoms with Crippen LogP contribution in [0, 0.1) is 0 Å². The molecule has 2 aromatic carbocycles. The second-order valence-electron chi connectivity index (χ2n) is 8.77. The van der Waals surface area contributed by atoms with Crippen molar-refractivity contribution in [3.63, 3.8) is 0 Å². The molecule has 2 amide bonds. The molecule has 1 fully saturated rings. The molecular weight excluding hydrogens is 414 g/mol. The van der Waals surface area contributed by atoms with Gasteiger partial charge in [-0.3, -0.25) is 14.4 Å².